The van der Waals surface area contributed by atoms with Crippen molar-refractivity contribution in [3.63, 3.8) is 0 Å². The fourth-order valence-corrected chi connectivity index (χ4v) is 3.67. The summed E-state index contributed by atoms with van der Waals surface area (Å²) < 4.78 is 10.8. The lowest BCUT2D eigenvalue weighted by Gasteiger charge is -2.21. The van der Waals surface area contributed by atoms with Crippen LogP contribution >= 0.6 is 0 Å². The number of allylic oxidation sites excluding steroid dienone is 1. The standard InChI is InChI=1S/C26H28BNO3/c1-5-7-18-14-21(30-3)12-10-19(18)16-28-24-13-11-20(27)15-23(24)26(29)22-8-6-9-25(31-4)17(22)2/h5-15,26,28-29H,16H2,1-4H3/b7-5-. The number of hydrogen-bond acceptors (Lipinski definition) is 4. The van der Waals surface area contributed by atoms with Crippen LogP contribution in [0.2, 0.25) is 0 Å². The molecule has 0 spiro atoms. The summed E-state index contributed by atoms with van der Waals surface area (Å²) >= 11 is 0. The van der Waals surface area contributed by atoms with Gasteiger partial charge in [0, 0.05) is 17.8 Å². The van der Waals surface area contributed by atoms with Gasteiger partial charge in [-0.1, -0.05) is 47.9 Å². The van der Waals surface area contributed by atoms with Crippen molar-refractivity contribution in [2.24, 2.45) is 0 Å². The highest BCUT2D eigenvalue weighted by Crippen LogP contribution is 2.33. The number of rotatable bonds is 8. The van der Waals surface area contributed by atoms with Gasteiger partial charge in [-0.05, 0) is 60.4 Å². The van der Waals surface area contributed by atoms with Gasteiger partial charge in [-0.25, -0.2) is 0 Å². The third kappa shape index (κ3) is 5.12. The Balaban J connectivity index is 1.93. The lowest BCUT2D eigenvalue weighted by Crippen LogP contribution is -2.13. The van der Waals surface area contributed by atoms with Gasteiger partial charge >= 0.3 is 0 Å². The Hall–Kier alpha value is -3.18. The lowest BCUT2D eigenvalue weighted by molar-refractivity contribution is 0.219. The molecule has 0 aliphatic rings. The van der Waals surface area contributed by atoms with Crippen LogP contribution in [0.25, 0.3) is 6.08 Å². The zero-order valence-electron chi connectivity index (χ0n) is 18.5. The van der Waals surface area contributed by atoms with E-state index >= 15 is 0 Å². The Morgan fingerprint density at radius 2 is 1.84 bits per heavy atom. The van der Waals surface area contributed by atoms with E-state index in [1.165, 1.54) is 0 Å². The molecule has 3 aromatic rings. The van der Waals surface area contributed by atoms with E-state index in [1.807, 2.05) is 74.5 Å². The van der Waals surface area contributed by atoms with E-state index in [-0.39, 0.29) is 0 Å². The van der Waals surface area contributed by atoms with E-state index in [0.29, 0.717) is 12.0 Å². The summed E-state index contributed by atoms with van der Waals surface area (Å²) in [6.07, 6.45) is 3.21. The number of methoxy groups -OCH3 is 2. The van der Waals surface area contributed by atoms with Crippen molar-refractivity contribution in [3.05, 3.63) is 88.5 Å². The van der Waals surface area contributed by atoms with Crippen LogP contribution in [0.4, 0.5) is 5.69 Å². The Morgan fingerprint density at radius 3 is 2.55 bits per heavy atom. The van der Waals surface area contributed by atoms with E-state index in [9.17, 15) is 5.11 Å². The molecule has 2 radical (unpaired) electrons. The number of aliphatic hydroxyl groups excluding tert-OH is 1. The van der Waals surface area contributed by atoms with Gasteiger partial charge in [0.25, 0.3) is 0 Å². The van der Waals surface area contributed by atoms with Gasteiger partial charge < -0.3 is 19.9 Å². The van der Waals surface area contributed by atoms with E-state index < -0.39 is 6.10 Å². The van der Waals surface area contributed by atoms with Gasteiger partial charge in [0.2, 0.25) is 0 Å². The third-order valence-corrected chi connectivity index (χ3v) is 5.38. The summed E-state index contributed by atoms with van der Waals surface area (Å²) in [7, 11) is 9.34. The topological polar surface area (TPSA) is 50.7 Å². The summed E-state index contributed by atoms with van der Waals surface area (Å²) in [5, 5.41) is 14.7. The second-order valence-corrected chi connectivity index (χ2v) is 7.34. The Labute approximate surface area is 185 Å². The average Bonchev–Trinajstić information content (AvgIpc) is 2.78. The molecule has 4 nitrogen and oxygen atoms in total. The molecule has 3 aromatic carbocycles. The minimum Gasteiger partial charge on any atom is -0.497 e. The molecule has 0 saturated heterocycles. The van der Waals surface area contributed by atoms with Crippen molar-refractivity contribution in [2.75, 3.05) is 19.5 Å². The maximum absolute atomic E-state index is 11.2. The molecule has 158 valence electrons. The zero-order chi connectivity index (χ0) is 22.4. The van der Waals surface area contributed by atoms with E-state index in [0.717, 1.165) is 45.0 Å². The molecule has 1 unspecified atom stereocenters. The minimum atomic E-state index is -0.841. The molecule has 0 aliphatic carbocycles. The highest BCUT2D eigenvalue weighted by Gasteiger charge is 2.19. The number of nitrogens with one attached hydrogen (secondary N) is 1. The molecule has 0 fully saturated rings. The number of aliphatic hydroxyl groups is 1. The number of benzene rings is 3. The van der Waals surface area contributed by atoms with Crippen molar-refractivity contribution in [1.82, 2.24) is 0 Å². The van der Waals surface area contributed by atoms with Crippen LogP contribution in [0.1, 0.15) is 40.8 Å². The van der Waals surface area contributed by atoms with E-state index in [4.69, 9.17) is 17.3 Å². The van der Waals surface area contributed by atoms with Gasteiger partial charge in [-0.15, -0.1) is 0 Å². The van der Waals surface area contributed by atoms with Crippen LogP contribution < -0.4 is 20.3 Å². The summed E-state index contributed by atoms with van der Waals surface area (Å²) in [5.74, 6) is 1.55. The number of anilines is 1. The predicted octanol–water partition coefficient (Wildman–Crippen LogP) is 4.53. The summed E-state index contributed by atoms with van der Waals surface area (Å²) in [4.78, 5) is 0. The Bertz CT molecular complexity index is 1080. The van der Waals surface area contributed by atoms with Gasteiger partial charge in [-0.3, -0.25) is 0 Å². The van der Waals surface area contributed by atoms with Crippen LogP contribution in [0.3, 0.4) is 0 Å². The first-order chi connectivity index (χ1) is 15.0. The number of ether oxygens (including phenoxy) is 2. The van der Waals surface area contributed by atoms with Crippen molar-refractivity contribution >= 4 is 25.1 Å². The van der Waals surface area contributed by atoms with Gasteiger partial charge in [-0.2, -0.15) is 0 Å². The van der Waals surface area contributed by atoms with Crippen molar-refractivity contribution in [3.8, 4) is 11.5 Å². The summed E-state index contributed by atoms with van der Waals surface area (Å²) in [5.41, 5.74) is 6.02. The molecule has 0 aliphatic heterocycles. The minimum absolute atomic E-state index is 0.588. The van der Waals surface area contributed by atoms with Crippen LogP contribution in [-0.4, -0.2) is 27.2 Å². The normalized spacial score (nSPS) is 12.0. The fraction of sp³-hybridized carbons (Fsp3) is 0.231. The van der Waals surface area contributed by atoms with Gasteiger partial charge in [0.05, 0.1) is 14.2 Å². The fourth-order valence-electron chi connectivity index (χ4n) is 3.67. The Kier molecular flexibility index (Phi) is 7.43. The van der Waals surface area contributed by atoms with Crippen LogP contribution in [0, 0.1) is 6.92 Å². The largest absolute Gasteiger partial charge is 0.497 e. The quantitative estimate of drug-likeness (QED) is 0.533. The van der Waals surface area contributed by atoms with Crippen molar-refractivity contribution < 1.29 is 14.6 Å². The third-order valence-electron chi connectivity index (χ3n) is 5.38. The maximum Gasteiger partial charge on any atom is 0.122 e. The SMILES string of the molecule is [B]c1ccc(NCc2ccc(OC)cc2/C=C\C)c(C(O)c2cccc(OC)c2C)c1. The molecule has 5 heteroatoms. The molecule has 1 atom stereocenters. The molecular weight excluding hydrogens is 385 g/mol. The molecule has 0 saturated carbocycles. The summed E-state index contributed by atoms with van der Waals surface area (Å²) in [6.45, 7) is 4.52. The first-order valence-corrected chi connectivity index (χ1v) is 10.2. The maximum atomic E-state index is 11.2. The molecule has 0 bridgehead atoms. The molecule has 0 amide bonds. The van der Waals surface area contributed by atoms with Gasteiger partial charge in [0.1, 0.15) is 25.4 Å². The monoisotopic (exact) mass is 413 g/mol. The molecule has 0 heterocycles. The molecular formula is C26H28BNO3. The van der Waals surface area contributed by atoms with Crippen molar-refractivity contribution in [2.45, 2.75) is 26.5 Å². The van der Waals surface area contributed by atoms with Crippen LogP contribution in [0.5, 0.6) is 11.5 Å². The van der Waals surface area contributed by atoms with Crippen LogP contribution in [-0.2, 0) is 6.54 Å². The molecule has 0 aromatic heterocycles. The Morgan fingerprint density at radius 1 is 1.03 bits per heavy atom. The van der Waals surface area contributed by atoms with E-state index in [2.05, 4.69) is 11.4 Å². The first kappa shape index (κ1) is 22.5. The van der Waals surface area contributed by atoms with Crippen molar-refractivity contribution in [1.29, 1.82) is 0 Å². The van der Waals surface area contributed by atoms with Crippen LogP contribution in [0.15, 0.2) is 60.7 Å². The predicted molar refractivity (Wildman–Crippen MR) is 129 cm³/mol. The molecule has 2 N–H and O–H groups in total. The van der Waals surface area contributed by atoms with E-state index in [1.54, 1.807) is 14.2 Å². The summed E-state index contributed by atoms with van der Waals surface area (Å²) in [6, 6.07) is 17.2. The first-order valence-electron chi connectivity index (χ1n) is 10.2. The smallest absolute Gasteiger partial charge is 0.122 e. The highest BCUT2D eigenvalue weighted by molar-refractivity contribution is 6.32. The lowest BCUT2D eigenvalue weighted by atomic mass is 9.89. The molecule has 31 heavy (non-hydrogen) atoms. The number of hydrogen-bond donors (Lipinski definition) is 2. The van der Waals surface area contributed by atoms with Gasteiger partial charge in [0.15, 0.2) is 0 Å². The second kappa shape index (κ2) is 10.2. The zero-order valence-corrected chi connectivity index (χ0v) is 18.5. The second-order valence-electron chi connectivity index (χ2n) is 7.34. The average molecular weight is 413 g/mol. The molecule has 3 rings (SSSR count). The highest BCUT2D eigenvalue weighted by atomic mass is 16.5.